The van der Waals surface area contributed by atoms with Crippen LogP contribution in [-0.2, 0) is 4.79 Å². The largest absolute Gasteiger partial charge is 0.329 e. The van der Waals surface area contributed by atoms with E-state index < -0.39 is 0 Å². The minimum absolute atomic E-state index is 0.0581. The van der Waals surface area contributed by atoms with Crippen molar-refractivity contribution in [3.05, 3.63) is 0 Å². The molecular formula is C12H21NO. The van der Waals surface area contributed by atoms with E-state index in [1.165, 1.54) is 32.1 Å². The Bertz CT molecular complexity index is 214. The first-order valence-corrected chi connectivity index (χ1v) is 6.00. The zero-order valence-electron chi connectivity index (χ0n) is 8.93. The molecule has 0 radical (unpaired) electrons. The van der Waals surface area contributed by atoms with E-state index in [0.29, 0.717) is 18.2 Å². The van der Waals surface area contributed by atoms with E-state index in [-0.39, 0.29) is 5.41 Å². The zero-order chi connectivity index (χ0) is 10.0. The van der Waals surface area contributed by atoms with Crippen LogP contribution in [0.2, 0.25) is 0 Å². The van der Waals surface area contributed by atoms with Gasteiger partial charge in [0.15, 0.2) is 0 Å². The molecule has 14 heavy (non-hydrogen) atoms. The number of carbonyl (C=O) groups excluding carboxylic acids is 1. The highest BCUT2D eigenvalue weighted by atomic mass is 16.1. The molecule has 0 atom stereocenters. The molecule has 0 spiro atoms. The van der Waals surface area contributed by atoms with Crippen LogP contribution < -0.4 is 5.73 Å². The average Bonchev–Trinajstić information content (AvgIpc) is 3.00. The van der Waals surface area contributed by atoms with Crippen molar-refractivity contribution in [1.82, 2.24) is 0 Å². The van der Waals surface area contributed by atoms with Gasteiger partial charge in [-0.15, -0.1) is 0 Å². The molecular weight excluding hydrogens is 174 g/mol. The first kappa shape index (κ1) is 10.2. The standard InChI is InChI=1S/C12H21NO/c13-9-12(6-7-12)11(14)8-10-4-2-1-3-5-10/h10H,1-9,13H2. The second-order valence-corrected chi connectivity index (χ2v) is 5.12. The van der Waals surface area contributed by atoms with E-state index in [2.05, 4.69) is 0 Å². The highest BCUT2D eigenvalue weighted by molar-refractivity contribution is 5.87. The SMILES string of the molecule is NCC1(C(=O)CC2CCCCC2)CC1. The Morgan fingerprint density at radius 1 is 1.21 bits per heavy atom. The van der Waals surface area contributed by atoms with Gasteiger partial charge in [0.25, 0.3) is 0 Å². The minimum Gasteiger partial charge on any atom is -0.329 e. The van der Waals surface area contributed by atoms with Crippen molar-refractivity contribution in [2.45, 2.75) is 51.4 Å². The van der Waals surface area contributed by atoms with Gasteiger partial charge in [0.05, 0.1) is 0 Å². The summed E-state index contributed by atoms with van der Waals surface area (Å²) >= 11 is 0. The van der Waals surface area contributed by atoms with Gasteiger partial charge in [0.2, 0.25) is 0 Å². The average molecular weight is 195 g/mol. The maximum Gasteiger partial charge on any atom is 0.140 e. The van der Waals surface area contributed by atoms with Crippen molar-refractivity contribution in [2.75, 3.05) is 6.54 Å². The lowest BCUT2D eigenvalue weighted by Crippen LogP contribution is -2.27. The van der Waals surface area contributed by atoms with Gasteiger partial charge in [0, 0.05) is 18.4 Å². The van der Waals surface area contributed by atoms with E-state index in [1.807, 2.05) is 0 Å². The number of rotatable bonds is 4. The summed E-state index contributed by atoms with van der Waals surface area (Å²) in [4.78, 5) is 11.9. The van der Waals surface area contributed by atoms with Gasteiger partial charge < -0.3 is 5.73 Å². The van der Waals surface area contributed by atoms with Crippen LogP contribution in [0.25, 0.3) is 0 Å². The van der Waals surface area contributed by atoms with Crippen LogP contribution in [0, 0.1) is 11.3 Å². The number of nitrogens with two attached hydrogens (primary N) is 1. The summed E-state index contributed by atoms with van der Waals surface area (Å²) in [7, 11) is 0. The third kappa shape index (κ3) is 2.00. The normalized spacial score (nSPS) is 26.1. The Morgan fingerprint density at radius 3 is 2.36 bits per heavy atom. The van der Waals surface area contributed by atoms with Gasteiger partial charge in [0.1, 0.15) is 5.78 Å². The number of hydrogen-bond donors (Lipinski definition) is 1. The van der Waals surface area contributed by atoms with Crippen LogP contribution in [0.15, 0.2) is 0 Å². The lowest BCUT2D eigenvalue weighted by molar-refractivity contribution is -0.125. The van der Waals surface area contributed by atoms with Crippen molar-refractivity contribution in [2.24, 2.45) is 17.1 Å². The molecule has 2 heteroatoms. The molecule has 0 bridgehead atoms. The Morgan fingerprint density at radius 2 is 1.86 bits per heavy atom. The Labute approximate surface area is 86.2 Å². The van der Waals surface area contributed by atoms with E-state index >= 15 is 0 Å². The first-order valence-electron chi connectivity index (χ1n) is 6.00. The molecule has 0 unspecified atom stereocenters. The van der Waals surface area contributed by atoms with Crippen molar-refractivity contribution in [3.63, 3.8) is 0 Å². The third-order valence-corrected chi connectivity index (χ3v) is 4.03. The van der Waals surface area contributed by atoms with Crippen LogP contribution >= 0.6 is 0 Å². The lowest BCUT2D eigenvalue weighted by atomic mass is 9.83. The smallest absolute Gasteiger partial charge is 0.140 e. The van der Waals surface area contributed by atoms with Crippen molar-refractivity contribution in [3.8, 4) is 0 Å². The highest BCUT2D eigenvalue weighted by Crippen LogP contribution is 2.47. The molecule has 2 N–H and O–H groups in total. The van der Waals surface area contributed by atoms with Crippen molar-refractivity contribution < 1.29 is 4.79 Å². The fourth-order valence-corrected chi connectivity index (χ4v) is 2.62. The predicted molar refractivity (Wildman–Crippen MR) is 56.9 cm³/mol. The number of ketones is 1. The second kappa shape index (κ2) is 4.01. The summed E-state index contributed by atoms with van der Waals surface area (Å²) in [5, 5.41) is 0. The molecule has 0 heterocycles. The summed E-state index contributed by atoms with van der Waals surface area (Å²) in [6, 6.07) is 0. The lowest BCUT2D eigenvalue weighted by Gasteiger charge is -2.22. The second-order valence-electron chi connectivity index (χ2n) is 5.12. The van der Waals surface area contributed by atoms with Crippen LogP contribution in [0.1, 0.15) is 51.4 Å². The molecule has 2 rings (SSSR count). The fourth-order valence-electron chi connectivity index (χ4n) is 2.62. The van der Waals surface area contributed by atoms with Crippen molar-refractivity contribution >= 4 is 5.78 Å². The molecule has 80 valence electrons. The van der Waals surface area contributed by atoms with Gasteiger partial charge in [-0.05, 0) is 18.8 Å². The van der Waals surface area contributed by atoms with Gasteiger partial charge in [-0.1, -0.05) is 32.1 Å². The van der Waals surface area contributed by atoms with Gasteiger partial charge in [-0.25, -0.2) is 0 Å². The summed E-state index contributed by atoms with van der Waals surface area (Å²) in [5.74, 6) is 1.15. The molecule has 2 saturated carbocycles. The molecule has 2 aliphatic rings. The third-order valence-electron chi connectivity index (χ3n) is 4.03. The zero-order valence-corrected chi connectivity index (χ0v) is 8.93. The van der Waals surface area contributed by atoms with Crippen LogP contribution in [0.3, 0.4) is 0 Å². The van der Waals surface area contributed by atoms with Crippen LogP contribution in [-0.4, -0.2) is 12.3 Å². The Hall–Kier alpha value is -0.370. The number of carbonyl (C=O) groups is 1. The summed E-state index contributed by atoms with van der Waals surface area (Å²) in [6.45, 7) is 0.582. The Kier molecular flexibility index (Phi) is 2.91. The summed E-state index contributed by atoms with van der Waals surface area (Å²) < 4.78 is 0. The maximum atomic E-state index is 11.9. The molecule has 2 fully saturated rings. The van der Waals surface area contributed by atoms with Crippen LogP contribution in [0.4, 0.5) is 0 Å². The molecule has 2 aliphatic carbocycles. The maximum absolute atomic E-state index is 11.9. The first-order chi connectivity index (χ1) is 6.77. The highest BCUT2D eigenvalue weighted by Gasteiger charge is 2.48. The fraction of sp³-hybridized carbons (Fsp3) is 0.917. The predicted octanol–water partition coefficient (Wildman–Crippen LogP) is 2.26. The van der Waals surface area contributed by atoms with Crippen LogP contribution in [0.5, 0.6) is 0 Å². The molecule has 0 saturated heterocycles. The number of hydrogen-bond acceptors (Lipinski definition) is 2. The quantitative estimate of drug-likeness (QED) is 0.747. The van der Waals surface area contributed by atoms with Gasteiger partial charge in [-0.3, -0.25) is 4.79 Å². The van der Waals surface area contributed by atoms with Gasteiger partial charge >= 0.3 is 0 Å². The molecule has 0 aromatic rings. The Balaban J connectivity index is 1.81. The molecule has 0 amide bonds. The summed E-state index contributed by atoms with van der Waals surface area (Å²) in [6.07, 6.45) is 9.48. The van der Waals surface area contributed by atoms with E-state index in [1.54, 1.807) is 0 Å². The molecule has 2 nitrogen and oxygen atoms in total. The van der Waals surface area contributed by atoms with E-state index in [9.17, 15) is 4.79 Å². The monoisotopic (exact) mass is 195 g/mol. The van der Waals surface area contributed by atoms with E-state index in [0.717, 1.165) is 19.3 Å². The topological polar surface area (TPSA) is 43.1 Å². The van der Waals surface area contributed by atoms with Crippen molar-refractivity contribution in [1.29, 1.82) is 0 Å². The van der Waals surface area contributed by atoms with E-state index in [4.69, 9.17) is 5.73 Å². The molecule has 0 aromatic heterocycles. The van der Waals surface area contributed by atoms with Gasteiger partial charge in [-0.2, -0.15) is 0 Å². The number of Topliss-reactive ketones (excluding diaryl/α,β-unsaturated/α-hetero) is 1. The molecule has 0 aromatic carbocycles. The summed E-state index contributed by atoms with van der Waals surface area (Å²) in [5.41, 5.74) is 5.60. The molecule has 0 aliphatic heterocycles. The minimum atomic E-state index is -0.0581.